The first-order chi connectivity index (χ1) is 33.1. The summed E-state index contributed by atoms with van der Waals surface area (Å²) in [7, 11) is 0. The summed E-state index contributed by atoms with van der Waals surface area (Å²) in [6.07, 6.45) is 0. The molecular weight excluding hydrogens is 815 g/mol. The summed E-state index contributed by atoms with van der Waals surface area (Å²) in [5.74, 6) is 0.533. The highest BCUT2D eigenvalue weighted by molar-refractivity contribution is 5.93. The zero-order chi connectivity index (χ0) is 44.3. The molecule has 0 aliphatic rings. The standard InChI is InChI=1S/C63H39N3O/c1-5-15-44-29-48(25-21-40(44)11-1)52-36-58(50-27-23-42-13-3-7-17-46(42)31-50)64-60(38-52)54-33-55(35-56(34-54)63-66-57-19-9-10-20-62(57)67-63)61-39-53(49-26-22-41-12-2-6-16-45(41)30-49)37-59(65-61)51-28-24-43-14-4-8-18-47(43)32-51/h1-39H. The minimum absolute atomic E-state index is 0.533. The Balaban J connectivity index is 1.05. The lowest BCUT2D eigenvalue weighted by Crippen LogP contribution is -1.95. The Bertz CT molecular complexity index is 3620. The second kappa shape index (κ2) is 15.9. The molecule has 0 bridgehead atoms. The first-order valence-electron chi connectivity index (χ1n) is 22.6. The number of oxazole rings is 1. The third-order valence-corrected chi connectivity index (χ3v) is 13.0. The molecule has 0 radical (unpaired) electrons. The average Bonchev–Trinajstić information content (AvgIpc) is 3.85. The number of hydrogen-bond acceptors (Lipinski definition) is 4. The maximum absolute atomic E-state index is 6.52. The number of fused-ring (bicyclic) bond motifs is 5. The minimum Gasteiger partial charge on any atom is -0.436 e. The van der Waals surface area contributed by atoms with Gasteiger partial charge in [-0.3, -0.25) is 0 Å². The van der Waals surface area contributed by atoms with Gasteiger partial charge in [0.2, 0.25) is 5.89 Å². The molecule has 0 unspecified atom stereocenters. The van der Waals surface area contributed by atoms with Gasteiger partial charge in [-0.15, -0.1) is 0 Å². The molecular formula is C63H39N3O. The van der Waals surface area contributed by atoms with Gasteiger partial charge >= 0.3 is 0 Å². The molecule has 13 aromatic rings. The van der Waals surface area contributed by atoms with Crippen LogP contribution in [-0.4, -0.2) is 15.0 Å². The molecule has 0 saturated heterocycles. The largest absolute Gasteiger partial charge is 0.436 e. The Kier molecular flexibility index (Phi) is 9.14. The second-order valence-corrected chi connectivity index (χ2v) is 17.3. The molecule has 312 valence electrons. The van der Waals surface area contributed by atoms with E-state index < -0.39 is 0 Å². The van der Waals surface area contributed by atoms with E-state index in [9.17, 15) is 0 Å². The van der Waals surface area contributed by atoms with E-state index in [2.05, 4.69) is 212 Å². The van der Waals surface area contributed by atoms with Crippen molar-refractivity contribution < 1.29 is 4.42 Å². The number of pyridine rings is 2. The number of hydrogen-bond donors (Lipinski definition) is 0. The van der Waals surface area contributed by atoms with Crippen LogP contribution < -0.4 is 0 Å². The normalized spacial score (nSPS) is 11.6. The number of benzene rings is 10. The van der Waals surface area contributed by atoms with Crippen molar-refractivity contribution in [2.45, 2.75) is 0 Å². The summed E-state index contributed by atoms with van der Waals surface area (Å²) in [5.41, 5.74) is 14.1. The summed E-state index contributed by atoms with van der Waals surface area (Å²) >= 11 is 0. The maximum atomic E-state index is 6.52. The van der Waals surface area contributed by atoms with Crippen LogP contribution in [0.15, 0.2) is 241 Å². The number of para-hydroxylation sites is 2. The van der Waals surface area contributed by atoms with Crippen LogP contribution in [0.3, 0.4) is 0 Å². The van der Waals surface area contributed by atoms with Crippen LogP contribution in [0.2, 0.25) is 0 Å². The van der Waals surface area contributed by atoms with Crippen LogP contribution in [0.1, 0.15) is 0 Å². The molecule has 0 atom stereocenters. The van der Waals surface area contributed by atoms with Crippen molar-refractivity contribution in [3.8, 4) is 78.7 Å². The monoisotopic (exact) mass is 853 g/mol. The molecule has 13 rings (SSSR count). The lowest BCUT2D eigenvalue weighted by atomic mass is 9.94. The Morgan fingerprint density at radius 3 is 1.00 bits per heavy atom. The van der Waals surface area contributed by atoms with E-state index in [0.29, 0.717) is 5.89 Å². The predicted octanol–water partition coefficient (Wildman–Crippen LogP) is 16.9. The number of aromatic nitrogens is 3. The van der Waals surface area contributed by atoms with Gasteiger partial charge in [-0.05, 0) is 144 Å². The van der Waals surface area contributed by atoms with Crippen molar-refractivity contribution in [2.75, 3.05) is 0 Å². The molecule has 0 N–H and O–H groups in total. The first-order valence-corrected chi connectivity index (χ1v) is 22.6. The molecule has 3 heterocycles. The number of rotatable bonds is 7. The van der Waals surface area contributed by atoms with Gasteiger partial charge in [-0.2, -0.15) is 0 Å². The molecule has 0 spiro atoms. The fourth-order valence-corrected chi connectivity index (χ4v) is 9.46. The van der Waals surface area contributed by atoms with Crippen LogP contribution in [0, 0.1) is 0 Å². The third kappa shape index (κ3) is 7.27. The van der Waals surface area contributed by atoms with Crippen LogP contribution in [0.25, 0.3) is 133 Å². The summed E-state index contributed by atoms with van der Waals surface area (Å²) < 4.78 is 6.52. The Hall–Kier alpha value is -8.99. The van der Waals surface area contributed by atoms with E-state index in [1.54, 1.807) is 0 Å². The van der Waals surface area contributed by atoms with Gasteiger partial charge in [0, 0.05) is 27.8 Å². The van der Waals surface area contributed by atoms with Crippen molar-refractivity contribution in [1.82, 2.24) is 15.0 Å². The molecule has 67 heavy (non-hydrogen) atoms. The molecule has 0 saturated carbocycles. The smallest absolute Gasteiger partial charge is 0.227 e. The van der Waals surface area contributed by atoms with Crippen molar-refractivity contribution in [1.29, 1.82) is 0 Å². The van der Waals surface area contributed by atoms with Crippen LogP contribution >= 0.6 is 0 Å². The van der Waals surface area contributed by atoms with E-state index in [4.69, 9.17) is 19.4 Å². The summed E-state index contributed by atoms with van der Waals surface area (Å²) in [6.45, 7) is 0. The molecule has 4 nitrogen and oxygen atoms in total. The van der Waals surface area contributed by atoms with Crippen LogP contribution in [0.5, 0.6) is 0 Å². The molecule has 0 aliphatic carbocycles. The SMILES string of the molecule is c1ccc2cc(-c3cc(-c4cc(-c5cc(-c6ccc7ccccc7c6)cc(-c6ccc7ccccc7c6)n5)cc(-c5nc6ccccc6o5)c4)nc(-c4ccc5ccccc5c4)c3)ccc2c1. The third-order valence-electron chi connectivity index (χ3n) is 13.0. The highest BCUT2D eigenvalue weighted by Gasteiger charge is 2.18. The minimum atomic E-state index is 0.533. The fourth-order valence-electron chi connectivity index (χ4n) is 9.46. The molecule has 0 aliphatic heterocycles. The van der Waals surface area contributed by atoms with Crippen molar-refractivity contribution >= 4 is 54.2 Å². The van der Waals surface area contributed by atoms with Gasteiger partial charge in [0.15, 0.2) is 5.58 Å². The summed E-state index contributed by atoms with van der Waals surface area (Å²) in [6, 6.07) is 83.9. The zero-order valence-corrected chi connectivity index (χ0v) is 36.3. The zero-order valence-electron chi connectivity index (χ0n) is 36.3. The van der Waals surface area contributed by atoms with Gasteiger partial charge < -0.3 is 4.42 Å². The molecule has 0 amide bonds. The Labute approximate surface area is 387 Å². The summed E-state index contributed by atoms with van der Waals surface area (Å²) in [4.78, 5) is 16.0. The van der Waals surface area contributed by atoms with Gasteiger partial charge in [0.25, 0.3) is 0 Å². The highest BCUT2D eigenvalue weighted by Crippen LogP contribution is 2.39. The quantitative estimate of drug-likeness (QED) is 0.160. The Morgan fingerprint density at radius 2 is 0.567 bits per heavy atom. The number of nitrogens with zero attached hydrogens (tertiary/aromatic N) is 3. The van der Waals surface area contributed by atoms with Crippen LogP contribution in [0.4, 0.5) is 0 Å². The average molecular weight is 854 g/mol. The van der Waals surface area contributed by atoms with Crippen molar-refractivity contribution in [3.05, 3.63) is 237 Å². The van der Waals surface area contributed by atoms with Crippen LogP contribution in [-0.2, 0) is 0 Å². The molecule has 10 aromatic carbocycles. The maximum Gasteiger partial charge on any atom is 0.227 e. The second-order valence-electron chi connectivity index (χ2n) is 17.3. The molecule has 0 fully saturated rings. The van der Waals surface area contributed by atoms with E-state index in [-0.39, 0.29) is 0 Å². The van der Waals surface area contributed by atoms with E-state index in [1.807, 2.05) is 24.3 Å². The van der Waals surface area contributed by atoms with E-state index in [1.165, 1.54) is 43.1 Å². The van der Waals surface area contributed by atoms with E-state index in [0.717, 1.165) is 83.9 Å². The molecule has 4 heteroatoms. The topological polar surface area (TPSA) is 51.8 Å². The predicted molar refractivity (Wildman–Crippen MR) is 278 cm³/mol. The van der Waals surface area contributed by atoms with Gasteiger partial charge in [0.1, 0.15) is 5.52 Å². The van der Waals surface area contributed by atoms with E-state index >= 15 is 0 Å². The first kappa shape index (κ1) is 38.5. The highest BCUT2D eigenvalue weighted by atomic mass is 16.3. The van der Waals surface area contributed by atoms with Crippen molar-refractivity contribution in [2.24, 2.45) is 0 Å². The van der Waals surface area contributed by atoms with Gasteiger partial charge in [-0.25, -0.2) is 15.0 Å². The summed E-state index contributed by atoms with van der Waals surface area (Å²) in [5, 5.41) is 9.48. The van der Waals surface area contributed by atoms with Gasteiger partial charge in [0.05, 0.1) is 22.8 Å². The lowest BCUT2D eigenvalue weighted by Gasteiger charge is -2.15. The fraction of sp³-hybridized carbons (Fsp3) is 0. The van der Waals surface area contributed by atoms with Gasteiger partial charge in [-0.1, -0.05) is 158 Å². The van der Waals surface area contributed by atoms with Crippen molar-refractivity contribution in [3.63, 3.8) is 0 Å². The molecule has 3 aromatic heterocycles. The lowest BCUT2D eigenvalue weighted by molar-refractivity contribution is 0.620. The Morgan fingerprint density at radius 1 is 0.224 bits per heavy atom.